The lowest BCUT2D eigenvalue weighted by atomic mass is 9.72. The summed E-state index contributed by atoms with van der Waals surface area (Å²) in [4.78, 5) is 66.9. The van der Waals surface area contributed by atoms with E-state index in [1.54, 1.807) is 0 Å². The Morgan fingerprint density at radius 2 is 1.60 bits per heavy atom. The molecule has 5 amide bonds. The van der Waals surface area contributed by atoms with Crippen LogP contribution in [0.2, 0.25) is 0 Å². The van der Waals surface area contributed by atoms with E-state index in [1.807, 2.05) is 20.8 Å². The highest BCUT2D eigenvalue weighted by molar-refractivity contribution is 6.38. The molecule has 0 radical (unpaired) electrons. The fourth-order valence-electron chi connectivity index (χ4n) is 5.78. The number of alkyl halides is 2. The molecular formula is C28H45F2N5O5. The SMILES string of the molecule is CNC(=O)N[C@H](C(=O)N1CC2(CCCCC2)C[C@H]1C(=O)N[C@@H](CCC(C)(F)F)C(=O)C(=O)NC1CC1)C(C)(C)C. The standard InChI is InChI=1S/C28H45F2N5O5/c1-26(2,3)21(34-25(40)31-5)24(39)35-16-28(12-7-6-8-13-28)15-19(35)22(37)33-18(11-14-27(4,29)30)20(36)23(38)32-17-9-10-17/h17-19,21H,6-16H2,1-5H3,(H,32,38)(H,33,37)(H2,31,34,40)/t18-,19-,21+/m0/s1. The van der Waals surface area contributed by atoms with Gasteiger partial charge in [0, 0.05) is 26.1 Å². The molecule has 2 aliphatic carbocycles. The number of halogens is 2. The summed E-state index contributed by atoms with van der Waals surface area (Å²) in [5.74, 6) is -6.04. The topological polar surface area (TPSA) is 137 Å². The molecule has 0 bridgehead atoms. The lowest BCUT2D eigenvalue weighted by Crippen LogP contribution is -2.60. The van der Waals surface area contributed by atoms with Crippen LogP contribution in [0.5, 0.6) is 0 Å². The predicted octanol–water partition coefficient (Wildman–Crippen LogP) is 2.65. The summed E-state index contributed by atoms with van der Waals surface area (Å²) in [5, 5.41) is 10.3. The van der Waals surface area contributed by atoms with Gasteiger partial charge < -0.3 is 26.2 Å². The highest BCUT2D eigenvalue weighted by Crippen LogP contribution is 2.47. The normalized spacial score (nSPS) is 22.3. The summed E-state index contributed by atoms with van der Waals surface area (Å²) in [5.41, 5.74) is -0.969. The second-order valence-corrected chi connectivity index (χ2v) is 13.1. The van der Waals surface area contributed by atoms with Crippen LogP contribution in [-0.4, -0.2) is 78.1 Å². The smallest absolute Gasteiger partial charge is 0.315 e. The van der Waals surface area contributed by atoms with Crippen molar-refractivity contribution in [2.45, 2.75) is 122 Å². The van der Waals surface area contributed by atoms with E-state index in [4.69, 9.17) is 0 Å². The van der Waals surface area contributed by atoms with Crippen LogP contribution in [0.4, 0.5) is 13.6 Å². The van der Waals surface area contributed by atoms with E-state index >= 15 is 0 Å². The van der Waals surface area contributed by atoms with Gasteiger partial charge in [0.2, 0.25) is 23.5 Å². The molecule has 40 heavy (non-hydrogen) atoms. The van der Waals surface area contributed by atoms with Crippen molar-refractivity contribution < 1.29 is 32.8 Å². The number of likely N-dealkylation sites (tertiary alicyclic amines) is 1. The van der Waals surface area contributed by atoms with Crippen LogP contribution in [-0.2, 0) is 19.2 Å². The van der Waals surface area contributed by atoms with Crippen molar-refractivity contribution in [2.75, 3.05) is 13.6 Å². The number of hydrogen-bond acceptors (Lipinski definition) is 5. The zero-order valence-electron chi connectivity index (χ0n) is 24.3. The molecule has 3 rings (SSSR count). The van der Waals surface area contributed by atoms with Crippen LogP contribution in [0.1, 0.15) is 91.9 Å². The highest BCUT2D eigenvalue weighted by atomic mass is 19.3. The first-order chi connectivity index (χ1) is 18.5. The number of nitrogens with one attached hydrogen (secondary N) is 4. The molecule has 0 aromatic rings. The van der Waals surface area contributed by atoms with Gasteiger partial charge in [0.1, 0.15) is 12.1 Å². The van der Waals surface area contributed by atoms with Crippen molar-refractivity contribution in [2.24, 2.45) is 10.8 Å². The summed E-state index contributed by atoms with van der Waals surface area (Å²) in [6, 6.07) is -4.00. The van der Waals surface area contributed by atoms with Gasteiger partial charge in [-0.1, -0.05) is 40.0 Å². The van der Waals surface area contributed by atoms with E-state index in [9.17, 15) is 32.8 Å². The Morgan fingerprint density at radius 1 is 0.975 bits per heavy atom. The number of ketones is 1. The number of Topliss-reactive ketones (excluding diaryl/α,β-unsaturated/α-hetero) is 1. The third-order valence-electron chi connectivity index (χ3n) is 8.27. The van der Waals surface area contributed by atoms with Crippen molar-refractivity contribution in [1.29, 1.82) is 0 Å². The van der Waals surface area contributed by atoms with Gasteiger partial charge in [-0.05, 0) is 56.3 Å². The number of carbonyl (C=O) groups excluding carboxylic acids is 5. The molecular weight excluding hydrogens is 524 g/mol. The van der Waals surface area contributed by atoms with E-state index in [0.717, 1.165) is 51.9 Å². The number of rotatable bonds is 10. The van der Waals surface area contributed by atoms with Gasteiger partial charge in [-0.2, -0.15) is 0 Å². The molecule has 12 heteroatoms. The molecule has 226 valence electrons. The fourth-order valence-corrected chi connectivity index (χ4v) is 5.78. The first kappa shape index (κ1) is 31.7. The van der Waals surface area contributed by atoms with Crippen LogP contribution >= 0.6 is 0 Å². The van der Waals surface area contributed by atoms with Crippen LogP contribution in [0.15, 0.2) is 0 Å². The van der Waals surface area contributed by atoms with E-state index < -0.39 is 71.8 Å². The second kappa shape index (κ2) is 12.4. The molecule has 3 aliphatic rings. The molecule has 0 aromatic carbocycles. The van der Waals surface area contributed by atoms with Crippen LogP contribution in [0, 0.1) is 10.8 Å². The third kappa shape index (κ3) is 8.36. The fraction of sp³-hybridized carbons (Fsp3) is 0.821. The van der Waals surface area contributed by atoms with Gasteiger partial charge in [0.25, 0.3) is 5.91 Å². The Labute approximate surface area is 235 Å². The average Bonchev–Trinajstić information content (AvgIpc) is 3.61. The number of urea groups is 1. The van der Waals surface area contributed by atoms with Crippen molar-refractivity contribution in [3.63, 3.8) is 0 Å². The molecule has 2 saturated carbocycles. The summed E-state index contributed by atoms with van der Waals surface area (Å²) >= 11 is 0. The minimum atomic E-state index is -3.09. The maximum Gasteiger partial charge on any atom is 0.315 e. The molecule has 1 aliphatic heterocycles. The molecule has 1 heterocycles. The minimum Gasteiger partial charge on any atom is -0.347 e. The monoisotopic (exact) mass is 569 g/mol. The summed E-state index contributed by atoms with van der Waals surface area (Å²) in [6.07, 6.45) is 5.38. The maximum absolute atomic E-state index is 14.0. The van der Waals surface area contributed by atoms with Gasteiger partial charge >= 0.3 is 6.03 Å². The molecule has 3 atom stereocenters. The maximum atomic E-state index is 14.0. The first-order valence-corrected chi connectivity index (χ1v) is 14.4. The Kier molecular flexibility index (Phi) is 9.82. The molecule has 4 N–H and O–H groups in total. The number of hydrogen-bond donors (Lipinski definition) is 4. The lowest BCUT2D eigenvalue weighted by Gasteiger charge is -2.36. The second-order valence-electron chi connectivity index (χ2n) is 13.1. The minimum absolute atomic E-state index is 0.114. The number of amides is 5. The molecule has 0 aromatic heterocycles. The molecule has 0 unspecified atom stereocenters. The van der Waals surface area contributed by atoms with Crippen LogP contribution in [0.25, 0.3) is 0 Å². The summed E-state index contributed by atoms with van der Waals surface area (Å²) < 4.78 is 27.5. The zero-order chi connectivity index (χ0) is 29.9. The van der Waals surface area contributed by atoms with Crippen LogP contribution < -0.4 is 21.3 Å². The van der Waals surface area contributed by atoms with Gasteiger partial charge in [-0.15, -0.1) is 0 Å². The highest BCUT2D eigenvalue weighted by Gasteiger charge is 2.51. The summed E-state index contributed by atoms with van der Waals surface area (Å²) in [7, 11) is 1.44. The van der Waals surface area contributed by atoms with E-state index in [1.165, 1.54) is 11.9 Å². The molecule has 1 saturated heterocycles. The first-order valence-electron chi connectivity index (χ1n) is 14.4. The Bertz CT molecular complexity index is 983. The zero-order valence-corrected chi connectivity index (χ0v) is 24.3. The Morgan fingerprint density at radius 3 is 2.12 bits per heavy atom. The van der Waals surface area contributed by atoms with Crippen molar-refractivity contribution in [3.05, 3.63) is 0 Å². The van der Waals surface area contributed by atoms with Gasteiger partial charge in [0.15, 0.2) is 0 Å². The van der Waals surface area contributed by atoms with Gasteiger partial charge in [-0.3, -0.25) is 19.2 Å². The Hall–Kier alpha value is -2.79. The van der Waals surface area contributed by atoms with Crippen LogP contribution in [0.3, 0.4) is 0 Å². The number of nitrogens with zero attached hydrogens (tertiary/aromatic N) is 1. The quantitative estimate of drug-likeness (QED) is 0.300. The summed E-state index contributed by atoms with van der Waals surface area (Å²) in [6.45, 7) is 6.47. The van der Waals surface area contributed by atoms with E-state index in [2.05, 4.69) is 21.3 Å². The molecule has 1 spiro atoms. The average molecular weight is 570 g/mol. The van der Waals surface area contributed by atoms with Crippen molar-refractivity contribution >= 4 is 29.5 Å². The predicted molar refractivity (Wildman–Crippen MR) is 144 cm³/mol. The third-order valence-corrected chi connectivity index (χ3v) is 8.27. The van der Waals surface area contributed by atoms with Crippen molar-refractivity contribution in [3.8, 4) is 0 Å². The lowest BCUT2D eigenvalue weighted by molar-refractivity contribution is -0.144. The van der Waals surface area contributed by atoms with E-state index in [-0.39, 0.29) is 11.5 Å². The van der Waals surface area contributed by atoms with Gasteiger partial charge in [0.05, 0.1) is 6.04 Å². The number of carbonyl (C=O) groups is 5. The van der Waals surface area contributed by atoms with E-state index in [0.29, 0.717) is 13.0 Å². The van der Waals surface area contributed by atoms with Gasteiger partial charge in [-0.25, -0.2) is 13.6 Å². The Balaban J connectivity index is 1.87. The van der Waals surface area contributed by atoms with Crippen molar-refractivity contribution in [1.82, 2.24) is 26.2 Å². The molecule has 10 nitrogen and oxygen atoms in total. The molecule has 3 fully saturated rings. The largest absolute Gasteiger partial charge is 0.347 e.